The molecule has 4 heteroatoms. The summed E-state index contributed by atoms with van der Waals surface area (Å²) in [6, 6.07) is 5.71. The molecule has 4 nitrogen and oxygen atoms in total. The van der Waals surface area contributed by atoms with Gasteiger partial charge in [0.1, 0.15) is 0 Å². The monoisotopic (exact) mass is 260 g/mol. The molecule has 2 fully saturated rings. The van der Waals surface area contributed by atoms with Crippen LogP contribution in [-0.4, -0.2) is 23.7 Å². The molecule has 1 aliphatic heterocycles. The minimum Gasteiger partial charge on any atom is -0.478 e. The molecule has 1 heterocycles. The minimum absolute atomic E-state index is 0.264. The van der Waals surface area contributed by atoms with Gasteiger partial charge in [-0.2, -0.15) is 0 Å². The third kappa shape index (κ3) is 2.15. The summed E-state index contributed by atoms with van der Waals surface area (Å²) < 4.78 is 0. The Morgan fingerprint density at radius 2 is 2.05 bits per heavy atom. The summed E-state index contributed by atoms with van der Waals surface area (Å²) in [6.45, 7) is 1.05. The SMILES string of the molecule is Nc1cc(C(=O)O)ccc1N1CCC2CCCCC21. The van der Waals surface area contributed by atoms with Gasteiger partial charge in [-0.1, -0.05) is 12.8 Å². The van der Waals surface area contributed by atoms with Gasteiger partial charge < -0.3 is 15.7 Å². The van der Waals surface area contributed by atoms with Gasteiger partial charge in [0.05, 0.1) is 16.9 Å². The van der Waals surface area contributed by atoms with Crippen molar-refractivity contribution in [2.75, 3.05) is 17.2 Å². The van der Waals surface area contributed by atoms with Crippen molar-refractivity contribution < 1.29 is 9.90 Å². The standard InChI is InChI=1S/C15H20N2O2/c16-12-9-11(15(18)19)5-6-14(12)17-8-7-10-3-1-2-4-13(10)17/h5-6,9-10,13H,1-4,7-8,16H2,(H,18,19). The summed E-state index contributed by atoms with van der Waals surface area (Å²) in [7, 11) is 0. The van der Waals surface area contributed by atoms with E-state index < -0.39 is 5.97 Å². The lowest BCUT2D eigenvalue weighted by molar-refractivity contribution is 0.0697. The maximum absolute atomic E-state index is 10.9. The zero-order valence-corrected chi connectivity index (χ0v) is 11.0. The second-order valence-electron chi connectivity index (χ2n) is 5.67. The van der Waals surface area contributed by atoms with E-state index in [1.165, 1.54) is 32.1 Å². The number of carbonyl (C=O) groups is 1. The molecular weight excluding hydrogens is 240 g/mol. The Labute approximate surface area is 113 Å². The van der Waals surface area contributed by atoms with Crippen LogP contribution in [0, 0.1) is 5.92 Å². The first-order chi connectivity index (χ1) is 9.16. The summed E-state index contributed by atoms with van der Waals surface area (Å²) in [5, 5.41) is 8.98. The molecule has 19 heavy (non-hydrogen) atoms. The van der Waals surface area contributed by atoms with Crippen LogP contribution in [0.2, 0.25) is 0 Å². The van der Waals surface area contributed by atoms with Crippen LogP contribution in [0.25, 0.3) is 0 Å². The highest BCUT2D eigenvalue weighted by molar-refractivity contribution is 5.90. The number of rotatable bonds is 2. The smallest absolute Gasteiger partial charge is 0.335 e. The Morgan fingerprint density at radius 3 is 2.79 bits per heavy atom. The first-order valence-corrected chi connectivity index (χ1v) is 7.06. The maximum atomic E-state index is 10.9. The van der Waals surface area contributed by atoms with E-state index in [2.05, 4.69) is 4.90 Å². The highest BCUT2D eigenvalue weighted by Crippen LogP contribution is 2.40. The number of carboxylic acids is 1. The molecule has 1 aromatic rings. The van der Waals surface area contributed by atoms with E-state index >= 15 is 0 Å². The fourth-order valence-corrected chi connectivity index (χ4v) is 3.65. The van der Waals surface area contributed by atoms with Crippen molar-refractivity contribution >= 4 is 17.3 Å². The molecule has 0 radical (unpaired) electrons. The summed E-state index contributed by atoms with van der Waals surface area (Å²) in [4.78, 5) is 13.3. The van der Waals surface area contributed by atoms with Gasteiger partial charge in [0, 0.05) is 12.6 Å². The molecule has 2 unspecified atom stereocenters. The molecule has 0 spiro atoms. The molecule has 0 amide bonds. The van der Waals surface area contributed by atoms with Crippen molar-refractivity contribution in [3.05, 3.63) is 23.8 Å². The molecule has 3 rings (SSSR count). The Hall–Kier alpha value is -1.71. The summed E-state index contributed by atoms with van der Waals surface area (Å²) >= 11 is 0. The van der Waals surface area contributed by atoms with Crippen molar-refractivity contribution in [1.82, 2.24) is 0 Å². The molecular formula is C15H20N2O2. The van der Waals surface area contributed by atoms with Crippen LogP contribution >= 0.6 is 0 Å². The second kappa shape index (κ2) is 4.76. The van der Waals surface area contributed by atoms with Gasteiger partial charge in [-0.15, -0.1) is 0 Å². The number of carboxylic acid groups (broad SMARTS) is 1. The molecule has 0 aromatic heterocycles. The maximum Gasteiger partial charge on any atom is 0.335 e. The molecule has 102 valence electrons. The van der Waals surface area contributed by atoms with E-state index in [-0.39, 0.29) is 5.56 Å². The van der Waals surface area contributed by atoms with E-state index in [1.807, 2.05) is 6.07 Å². The zero-order valence-electron chi connectivity index (χ0n) is 11.0. The van der Waals surface area contributed by atoms with E-state index in [9.17, 15) is 4.79 Å². The predicted octanol–water partition coefficient (Wildman–Crippen LogP) is 2.74. The number of anilines is 2. The van der Waals surface area contributed by atoms with Gasteiger partial charge in [-0.05, 0) is 43.4 Å². The third-order valence-corrected chi connectivity index (χ3v) is 4.59. The predicted molar refractivity (Wildman–Crippen MR) is 75.5 cm³/mol. The second-order valence-corrected chi connectivity index (χ2v) is 5.67. The minimum atomic E-state index is -0.921. The van der Waals surface area contributed by atoms with E-state index in [0.717, 1.165) is 18.2 Å². The van der Waals surface area contributed by atoms with Crippen LogP contribution in [0.4, 0.5) is 11.4 Å². The topological polar surface area (TPSA) is 66.6 Å². The zero-order chi connectivity index (χ0) is 13.4. The number of nitrogen functional groups attached to an aromatic ring is 1. The lowest BCUT2D eigenvalue weighted by atomic mass is 9.85. The molecule has 1 aromatic carbocycles. The Morgan fingerprint density at radius 1 is 1.26 bits per heavy atom. The quantitative estimate of drug-likeness (QED) is 0.802. The van der Waals surface area contributed by atoms with E-state index in [0.29, 0.717) is 11.7 Å². The molecule has 1 saturated carbocycles. The fourth-order valence-electron chi connectivity index (χ4n) is 3.65. The molecule has 2 atom stereocenters. The van der Waals surface area contributed by atoms with Crippen molar-refractivity contribution in [3.8, 4) is 0 Å². The summed E-state index contributed by atoms with van der Waals surface area (Å²) in [6.07, 6.45) is 6.46. The molecule has 2 aliphatic rings. The Kier molecular flexibility index (Phi) is 3.09. The number of aromatic carboxylic acids is 1. The number of fused-ring (bicyclic) bond motifs is 1. The van der Waals surface area contributed by atoms with Crippen molar-refractivity contribution in [3.63, 3.8) is 0 Å². The average Bonchev–Trinajstić information content (AvgIpc) is 2.82. The normalized spacial score (nSPS) is 26.2. The summed E-state index contributed by atoms with van der Waals surface area (Å²) in [5.74, 6) is -0.123. The number of hydrogen-bond donors (Lipinski definition) is 2. The van der Waals surface area contributed by atoms with Crippen LogP contribution in [0.5, 0.6) is 0 Å². The molecule has 1 saturated heterocycles. The van der Waals surface area contributed by atoms with Crippen molar-refractivity contribution in [2.24, 2.45) is 5.92 Å². The lowest BCUT2D eigenvalue weighted by Gasteiger charge is -2.33. The van der Waals surface area contributed by atoms with Crippen LogP contribution in [0.1, 0.15) is 42.5 Å². The van der Waals surface area contributed by atoms with Crippen LogP contribution in [0.15, 0.2) is 18.2 Å². The Balaban J connectivity index is 1.88. The van der Waals surface area contributed by atoms with Crippen LogP contribution in [0.3, 0.4) is 0 Å². The first-order valence-electron chi connectivity index (χ1n) is 7.06. The molecule has 0 bridgehead atoms. The van der Waals surface area contributed by atoms with Crippen molar-refractivity contribution in [2.45, 2.75) is 38.1 Å². The lowest BCUT2D eigenvalue weighted by Crippen LogP contribution is -2.35. The van der Waals surface area contributed by atoms with Crippen molar-refractivity contribution in [1.29, 1.82) is 0 Å². The van der Waals surface area contributed by atoms with Gasteiger partial charge >= 0.3 is 5.97 Å². The van der Waals surface area contributed by atoms with Gasteiger partial charge in [0.15, 0.2) is 0 Å². The number of nitrogens with two attached hydrogens (primary N) is 1. The van der Waals surface area contributed by atoms with Gasteiger partial charge in [-0.3, -0.25) is 0 Å². The Bertz CT molecular complexity index is 501. The van der Waals surface area contributed by atoms with Gasteiger partial charge in [-0.25, -0.2) is 4.79 Å². The van der Waals surface area contributed by atoms with Crippen LogP contribution in [-0.2, 0) is 0 Å². The first kappa shape index (κ1) is 12.3. The van der Waals surface area contributed by atoms with E-state index in [1.54, 1.807) is 12.1 Å². The third-order valence-electron chi connectivity index (χ3n) is 4.59. The number of nitrogens with zero attached hydrogens (tertiary/aromatic N) is 1. The number of benzene rings is 1. The van der Waals surface area contributed by atoms with Gasteiger partial charge in [0.25, 0.3) is 0 Å². The highest BCUT2D eigenvalue weighted by Gasteiger charge is 2.36. The summed E-state index contributed by atoms with van der Waals surface area (Å²) in [5.41, 5.74) is 7.92. The van der Waals surface area contributed by atoms with Crippen LogP contribution < -0.4 is 10.6 Å². The molecule has 1 aliphatic carbocycles. The average molecular weight is 260 g/mol. The van der Waals surface area contributed by atoms with E-state index in [4.69, 9.17) is 10.8 Å². The van der Waals surface area contributed by atoms with Gasteiger partial charge in [0.2, 0.25) is 0 Å². The highest BCUT2D eigenvalue weighted by atomic mass is 16.4. The number of hydrogen-bond acceptors (Lipinski definition) is 3. The fraction of sp³-hybridized carbons (Fsp3) is 0.533. The largest absolute Gasteiger partial charge is 0.478 e. The molecule has 3 N–H and O–H groups in total.